The molecule has 0 aromatic heterocycles. The van der Waals surface area contributed by atoms with E-state index in [1.165, 1.54) is 0 Å². The number of allylic oxidation sites excluding steroid dienone is 1. The van der Waals surface area contributed by atoms with Crippen LogP contribution in [0.1, 0.15) is 35.1 Å². The average Bonchev–Trinajstić information content (AvgIpc) is 2.58. The Bertz CT molecular complexity index is 652. The topological polar surface area (TPSA) is 49.3 Å². The molecule has 0 saturated carbocycles. The van der Waals surface area contributed by atoms with Crippen LogP contribution in [0.4, 0.5) is 0 Å². The molecule has 2 atom stereocenters. The lowest BCUT2D eigenvalue weighted by molar-refractivity contribution is -0.121. The summed E-state index contributed by atoms with van der Waals surface area (Å²) >= 11 is 0. The van der Waals surface area contributed by atoms with E-state index in [4.69, 9.17) is 0 Å². The molecule has 23 heavy (non-hydrogen) atoms. The largest absolute Gasteiger partial charge is 0.387 e. The van der Waals surface area contributed by atoms with Crippen LogP contribution in [0.25, 0.3) is 0 Å². The fraction of sp³-hybridized carbons (Fsp3) is 0.250. The van der Waals surface area contributed by atoms with E-state index >= 15 is 0 Å². The molecule has 0 aliphatic rings. The third-order valence-corrected chi connectivity index (χ3v) is 3.96. The molecule has 0 spiro atoms. The number of carbonyl (C=O) groups excluding carboxylic acids is 1. The van der Waals surface area contributed by atoms with Crippen LogP contribution < -0.4 is 5.32 Å². The van der Waals surface area contributed by atoms with Crippen molar-refractivity contribution in [2.75, 3.05) is 6.54 Å². The van der Waals surface area contributed by atoms with Gasteiger partial charge in [-0.2, -0.15) is 0 Å². The highest BCUT2D eigenvalue weighted by molar-refractivity contribution is 5.77. The summed E-state index contributed by atoms with van der Waals surface area (Å²) in [4.78, 5) is 12.1. The minimum Gasteiger partial charge on any atom is -0.387 e. The van der Waals surface area contributed by atoms with E-state index in [0.29, 0.717) is 6.42 Å². The number of aliphatic hydroxyl groups is 1. The zero-order valence-corrected chi connectivity index (χ0v) is 13.4. The van der Waals surface area contributed by atoms with Gasteiger partial charge in [-0.15, -0.1) is 6.58 Å². The van der Waals surface area contributed by atoms with Gasteiger partial charge >= 0.3 is 0 Å². The summed E-state index contributed by atoms with van der Waals surface area (Å²) in [6.07, 6.45) is 1.42. The third-order valence-electron chi connectivity index (χ3n) is 3.96. The first-order chi connectivity index (χ1) is 11.1. The van der Waals surface area contributed by atoms with E-state index in [2.05, 4.69) is 11.9 Å². The Balaban J connectivity index is 1.89. The SMILES string of the molecule is C=CC(CC(=O)NCC(O)c1ccccc1C)c1ccccc1. The van der Waals surface area contributed by atoms with Gasteiger partial charge in [0.15, 0.2) is 0 Å². The van der Waals surface area contributed by atoms with E-state index in [1.807, 2.05) is 61.5 Å². The van der Waals surface area contributed by atoms with E-state index in [-0.39, 0.29) is 18.4 Å². The average molecular weight is 309 g/mol. The first-order valence-electron chi connectivity index (χ1n) is 7.79. The van der Waals surface area contributed by atoms with Crippen LogP contribution in [0, 0.1) is 6.92 Å². The zero-order valence-electron chi connectivity index (χ0n) is 13.4. The molecule has 3 nitrogen and oxygen atoms in total. The molecule has 2 aromatic carbocycles. The maximum atomic E-state index is 12.1. The molecular formula is C20H23NO2. The molecule has 0 aliphatic carbocycles. The van der Waals surface area contributed by atoms with Crippen LogP contribution in [0.3, 0.4) is 0 Å². The number of rotatable bonds is 7. The second-order valence-electron chi connectivity index (χ2n) is 5.63. The molecular weight excluding hydrogens is 286 g/mol. The highest BCUT2D eigenvalue weighted by Crippen LogP contribution is 2.21. The molecule has 0 radical (unpaired) electrons. The van der Waals surface area contributed by atoms with Gasteiger partial charge in [-0.25, -0.2) is 0 Å². The predicted molar refractivity (Wildman–Crippen MR) is 93.1 cm³/mol. The van der Waals surface area contributed by atoms with Crippen molar-refractivity contribution in [2.24, 2.45) is 0 Å². The lowest BCUT2D eigenvalue weighted by Crippen LogP contribution is -2.29. The number of benzene rings is 2. The van der Waals surface area contributed by atoms with Gasteiger partial charge < -0.3 is 10.4 Å². The Morgan fingerprint density at radius 2 is 1.83 bits per heavy atom. The Kier molecular flexibility index (Phi) is 6.12. The highest BCUT2D eigenvalue weighted by atomic mass is 16.3. The van der Waals surface area contributed by atoms with Crippen molar-refractivity contribution in [1.82, 2.24) is 5.32 Å². The Labute approximate surface area is 137 Å². The van der Waals surface area contributed by atoms with Gasteiger partial charge in [0.05, 0.1) is 6.10 Å². The lowest BCUT2D eigenvalue weighted by atomic mass is 9.95. The van der Waals surface area contributed by atoms with Crippen molar-refractivity contribution in [3.05, 3.63) is 83.9 Å². The molecule has 2 unspecified atom stereocenters. The number of aryl methyl sites for hydroxylation is 1. The summed E-state index contributed by atoms with van der Waals surface area (Å²) in [6, 6.07) is 17.5. The van der Waals surface area contributed by atoms with E-state index in [0.717, 1.165) is 16.7 Å². The summed E-state index contributed by atoms with van der Waals surface area (Å²) in [7, 11) is 0. The molecule has 0 heterocycles. The normalized spacial score (nSPS) is 13.1. The lowest BCUT2D eigenvalue weighted by Gasteiger charge is -2.16. The maximum absolute atomic E-state index is 12.1. The van der Waals surface area contributed by atoms with E-state index < -0.39 is 6.10 Å². The monoisotopic (exact) mass is 309 g/mol. The molecule has 0 fully saturated rings. The predicted octanol–water partition coefficient (Wildman–Crippen LogP) is 3.50. The Morgan fingerprint density at radius 3 is 2.48 bits per heavy atom. The molecule has 2 N–H and O–H groups in total. The molecule has 2 rings (SSSR count). The molecule has 0 aliphatic heterocycles. The van der Waals surface area contributed by atoms with Gasteiger partial charge in [0.1, 0.15) is 0 Å². The summed E-state index contributed by atoms with van der Waals surface area (Å²) < 4.78 is 0. The maximum Gasteiger partial charge on any atom is 0.221 e. The van der Waals surface area contributed by atoms with Crippen molar-refractivity contribution in [1.29, 1.82) is 0 Å². The first-order valence-corrected chi connectivity index (χ1v) is 7.79. The Hall–Kier alpha value is -2.39. The number of hydrogen-bond donors (Lipinski definition) is 2. The summed E-state index contributed by atoms with van der Waals surface area (Å²) in [6.45, 7) is 5.97. The standard InChI is InChI=1S/C20H23NO2/c1-3-16(17-10-5-4-6-11-17)13-20(23)21-14-19(22)18-12-8-7-9-15(18)2/h3-12,16,19,22H,1,13-14H2,2H3,(H,21,23). The van der Waals surface area contributed by atoms with Crippen LogP contribution in [0.5, 0.6) is 0 Å². The molecule has 0 saturated heterocycles. The fourth-order valence-electron chi connectivity index (χ4n) is 2.59. The number of amides is 1. The number of carbonyl (C=O) groups is 1. The van der Waals surface area contributed by atoms with Crippen molar-refractivity contribution in [3.8, 4) is 0 Å². The summed E-state index contributed by atoms with van der Waals surface area (Å²) in [5.41, 5.74) is 2.93. The second kappa shape index (κ2) is 8.30. The number of aliphatic hydroxyl groups excluding tert-OH is 1. The fourth-order valence-corrected chi connectivity index (χ4v) is 2.59. The van der Waals surface area contributed by atoms with Crippen LogP contribution in [-0.4, -0.2) is 17.6 Å². The van der Waals surface area contributed by atoms with Crippen molar-refractivity contribution >= 4 is 5.91 Å². The minimum atomic E-state index is -0.695. The second-order valence-corrected chi connectivity index (χ2v) is 5.63. The molecule has 2 aromatic rings. The van der Waals surface area contributed by atoms with Crippen molar-refractivity contribution < 1.29 is 9.90 Å². The van der Waals surface area contributed by atoms with Crippen molar-refractivity contribution in [2.45, 2.75) is 25.4 Å². The van der Waals surface area contributed by atoms with Gasteiger partial charge in [0.25, 0.3) is 0 Å². The first kappa shape index (κ1) is 17.0. The summed E-state index contributed by atoms with van der Waals surface area (Å²) in [5, 5.41) is 13.0. The molecule has 1 amide bonds. The van der Waals surface area contributed by atoms with Gasteiger partial charge in [0.2, 0.25) is 5.91 Å². The minimum absolute atomic E-state index is 0.0215. The van der Waals surface area contributed by atoms with E-state index in [1.54, 1.807) is 6.08 Å². The molecule has 120 valence electrons. The quantitative estimate of drug-likeness (QED) is 0.769. The van der Waals surface area contributed by atoms with E-state index in [9.17, 15) is 9.90 Å². The smallest absolute Gasteiger partial charge is 0.221 e. The summed E-state index contributed by atoms with van der Waals surface area (Å²) in [5.74, 6) is -0.113. The van der Waals surface area contributed by atoms with Gasteiger partial charge in [0, 0.05) is 18.9 Å². The van der Waals surface area contributed by atoms with Gasteiger partial charge in [-0.1, -0.05) is 60.7 Å². The molecule has 3 heteroatoms. The van der Waals surface area contributed by atoms with Gasteiger partial charge in [-0.3, -0.25) is 4.79 Å². The van der Waals surface area contributed by atoms with Crippen LogP contribution in [-0.2, 0) is 4.79 Å². The number of nitrogens with one attached hydrogen (secondary N) is 1. The zero-order chi connectivity index (χ0) is 16.7. The molecule has 0 bridgehead atoms. The Morgan fingerprint density at radius 1 is 1.17 bits per heavy atom. The van der Waals surface area contributed by atoms with Gasteiger partial charge in [-0.05, 0) is 23.6 Å². The highest BCUT2D eigenvalue weighted by Gasteiger charge is 2.15. The van der Waals surface area contributed by atoms with Crippen LogP contribution >= 0.6 is 0 Å². The number of hydrogen-bond acceptors (Lipinski definition) is 2. The van der Waals surface area contributed by atoms with Crippen LogP contribution in [0.2, 0.25) is 0 Å². The van der Waals surface area contributed by atoms with Crippen molar-refractivity contribution in [3.63, 3.8) is 0 Å². The van der Waals surface area contributed by atoms with Crippen LogP contribution in [0.15, 0.2) is 67.3 Å². The third kappa shape index (κ3) is 4.80.